The normalized spacial score (nSPS) is 18.1. The van der Waals surface area contributed by atoms with E-state index in [9.17, 15) is 26.9 Å². The Morgan fingerprint density at radius 2 is 1.79 bits per heavy atom. The monoisotopic (exact) mass is 532 g/mol. The van der Waals surface area contributed by atoms with Crippen LogP contribution in [0.2, 0.25) is 0 Å². The molecule has 0 N–H and O–H groups in total. The van der Waals surface area contributed by atoms with Crippen molar-refractivity contribution in [2.45, 2.75) is 38.4 Å². The maximum Gasteiger partial charge on any atom is 0.673 e. The van der Waals surface area contributed by atoms with Gasteiger partial charge >= 0.3 is 13.2 Å². The fraction of sp³-hybridized carbons (Fsp3) is 0.346. The highest BCUT2D eigenvalue weighted by molar-refractivity contribution is 6.50. The fourth-order valence-electron chi connectivity index (χ4n) is 5.01. The maximum atomic E-state index is 12.8. The first-order valence-electron chi connectivity index (χ1n) is 12.3. The van der Waals surface area contributed by atoms with Gasteiger partial charge in [-0.2, -0.15) is 0 Å². The van der Waals surface area contributed by atoms with E-state index in [0.717, 1.165) is 30.8 Å². The molecule has 1 saturated heterocycles. The number of esters is 1. The Balaban J connectivity index is 0.000000617. The summed E-state index contributed by atoms with van der Waals surface area (Å²) in [4.78, 5) is 29.8. The zero-order chi connectivity index (χ0) is 27.5. The number of hydrogen-bond acceptors (Lipinski definition) is 4. The van der Waals surface area contributed by atoms with Crippen molar-refractivity contribution in [1.29, 1.82) is 0 Å². The number of rotatable bonds is 7. The Labute approximate surface area is 218 Å². The van der Waals surface area contributed by atoms with Crippen LogP contribution in [-0.2, 0) is 29.5 Å². The summed E-state index contributed by atoms with van der Waals surface area (Å²) in [7, 11) is -4.05. The van der Waals surface area contributed by atoms with E-state index in [2.05, 4.69) is 36.1 Å². The van der Waals surface area contributed by atoms with Crippen molar-refractivity contribution in [3.8, 4) is 0 Å². The molecule has 3 aromatic rings. The molecule has 7 nitrogen and oxygen atoms in total. The van der Waals surface area contributed by atoms with Crippen LogP contribution in [0.25, 0.3) is 0 Å². The van der Waals surface area contributed by atoms with Gasteiger partial charge in [0.1, 0.15) is 31.2 Å². The SMILES string of the molecule is C[n+]1ccn(CCOC(=O)c2ccc3c(c2)N2C(=O)CCC2(C)N3CCc2ccccc2)c1.F[B-](F)(F)F. The first-order chi connectivity index (χ1) is 18.0. The minimum atomic E-state index is -6.00. The lowest BCUT2D eigenvalue weighted by Crippen LogP contribution is -2.52. The van der Waals surface area contributed by atoms with E-state index in [-0.39, 0.29) is 18.5 Å². The standard InChI is InChI=1S/C26H29N4O3.BF4/c1-26-12-10-24(31)30(26)23-18-21(25(32)33-17-16-28-15-14-27(2)19-28)8-9-22(23)29(26)13-11-20-6-4-3-5-7-20;2-1(3,4)5/h3-9,14-15,18-19H,10-13,16-17H2,1-2H3;/q+1;-1. The van der Waals surface area contributed by atoms with Crippen LogP contribution >= 0.6 is 0 Å². The minimum absolute atomic E-state index is 0.104. The zero-order valence-corrected chi connectivity index (χ0v) is 21.2. The number of aromatic nitrogens is 2. The summed E-state index contributed by atoms with van der Waals surface area (Å²) in [6.45, 7) is 3.80. The van der Waals surface area contributed by atoms with Crippen molar-refractivity contribution in [1.82, 2.24) is 4.57 Å². The third-order valence-corrected chi connectivity index (χ3v) is 6.74. The largest absolute Gasteiger partial charge is 0.673 e. The number of amides is 1. The van der Waals surface area contributed by atoms with E-state index in [1.54, 1.807) is 0 Å². The average molecular weight is 532 g/mol. The number of ether oxygens (including phenoxy) is 1. The highest BCUT2D eigenvalue weighted by Crippen LogP contribution is 2.50. The van der Waals surface area contributed by atoms with E-state index in [1.807, 2.05) is 64.1 Å². The molecule has 1 aromatic heterocycles. The van der Waals surface area contributed by atoms with Gasteiger partial charge < -0.3 is 26.9 Å². The predicted molar refractivity (Wildman–Crippen MR) is 135 cm³/mol. The molecule has 0 aliphatic carbocycles. The van der Waals surface area contributed by atoms with E-state index in [1.165, 1.54) is 5.56 Å². The van der Waals surface area contributed by atoms with Crippen molar-refractivity contribution in [3.05, 3.63) is 78.4 Å². The van der Waals surface area contributed by atoms with E-state index >= 15 is 0 Å². The molecule has 0 radical (unpaired) electrons. The molecule has 3 heterocycles. The fourth-order valence-corrected chi connectivity index (χ4v) is 5.01. The topological polar surface area (TPSA) is 58.7 Å². The molecule has 5 rings (SSSR count). The summed E-state index contributed by atoms with van der Waals surface area (Å²) >= 11 is 0. The van der Waals surface area contributed by atoms with Gasteiger partial charge in [0.15, 0.2) is 0 Å². The van der Waals surface area contributed by atoms with Crippen LogP contribution in [0, 0.1) is 0 Å². The Hall–Kier alpha value is -3.83. The van der Waals surface area contributed by atoms with Gasteiger partial charge in [0.25, 0.3) is 0 Å². The quantitative estimate of drug-likeness (QED) is 0.196. The second kappa shape index (κ2) is 10.9. The summed E-state index contributed by atoms with van der Waals surface area (Å²) < 4.78 is 48.4. The summed E-state index contributed by atoms with van der Waals surface area (Å²) in [5.41, 5.74) is 3.14. The number of carbonyl (C=O) groups excluding carboxylic acids is 2. The van der Waals surface area contributed by atoms with Gasteiger partial charge in [-0.15, -0.1) is 0 Å². The van der Waals surface area contributed by atoms with Crippen molar-refractivity contribution < 1.29 is 36.2 Å². The summed E-state index contributed by atoms with van der Waals surface area (Å²) in [6, 6.07) is 16.0. The van der Waals surface area contributed by atoms with E-state index < -0.39 is 12.9 Å². The summed E-state index contributed by atoms with van der Waals surface area (Å²) in [5.74, 6) is -0.266. The van der Waals surface area contributed by atoms with Gasteiger partial charge in [0.2, 0.25) is 12.2 Å². The zero-order valence-electron chi connectivity index (χ0n) is 21.2. The van der Waals surface area contributed by atoms with E-state index in [0.29, 0.717) is 18.5 Å². The highest BCUT2D eigenvalue weighted by atomic mass is 19.5. The molecule has 1 atom stereocenters. The van der Waals surface area contributed by atoms with Crippen molar-refractivity contribution in [2.24, 2.45) is 7.05 Å². The van der Waals surface area contributed by atoms with Crippen LogP contribution < -0.4 is 14.4 Å². The minimum Gasteiger partial charge on any atom is -0.458 e. The number of benzene rings is 2. The third kappa shape index (κ3) is 6.17. The molecule has 0 bridgehead atoms. The molecule has 12 heteroatoms. The lowest BCUT2D eigenvalue weighted by molar-refractivity contribution is -0.671. The third-order valence-electron chi connectivity index (χ3n) is 6.74. The number of nitrogens with zero attached hydrogens (tertiary/aromatic N) is 4. The van der Waals surface area contributed by atoms with Crippen LogP contribution in [0.15, 0.2) is 67.3 Å². The number of fused-ring (bicyclic) bond motifs is 3. The molecule has 202 valence electrons. The van der Waals surface area contributed by atoms with Crippen LogP contribution in [0.4, 0.5) is 28.6 Å². The predicted octanol–water partition coefficient (Wildman–Crippen LogP) is 4.38. The van der Waals surface area contributed by atoms with Crippen molar-refractivity contribution in [3.63, 3.8) is 0 Å². The molecular formula is C26H29BF4N4O3. The molecule has 0 saturated carbocycles. The summed E-state index contributed by atoms with van der Waals surface area (Å²) in [6.07, 6.45) is 7.99. The Bertz CT molecular complexity index is 1300. The molecule has 0 spiro atoms. The first kappa shape index (κ1) is 27.2. The van der Waals surface area contributed by atoms with Crippen molar-refractivity contribution >= 4 is 30.5 Å². The molecule has 2 aromatic carbocycles. The second-order valence-corrected chi connectivity index (χ2v) is 9.48. The smallest absolute Gasteiger partial charge is 0.458 e. The van der Waals surface area contributed by atoms with Gasteiger partial charge in [0.05, 0.1) is 24.0 Å². The van der Waals surface area contributed by atoms with Gasteiger partial charge in [-0.05, 0) is 43.5 Å². The van der Waals surface area contributed by atoms with Gasteiger partial charge in [-0.1, -0.05) is 30.3 Å². The average Bonchev–Trinajstić information content (AvgIpc) is 3.48. The second-order valence-electron chi connectivity index (χ2n) is 9.48. The lowest BCUT2D eigenvalue weighted by Gasteiger charge is -2.37. The molecule has 1 amide bonds. The van der Waals surface area contributed by atoms with Crippen LogP contribution in [0.5, 0.6) is 0 Å². The number of carbonyl (C=O) groups is 2. The van der Waals surface area contributed by atoms with Crippen LogP contribution in [0.1, 0.15) is 35.7 Å². The Morgan fingerprint density at radius 3 is 2.45 bits per heavy atom. The number of aryl methyl sites for hydroxylation is 1. The number of hydrogen-bond donors (Lipinski definition) is 0. The number of anilines is 2. The summed E-state index contributed by atoms with van der Waals surface area (Å²) in [5, 5.41) is 0. The van der Waals surface area contributed by atoms with Gasteiger partial charge in [-0.25, -0.2) is 13.9 Å². The van der Waals surface area contributed by atoms with Gasteiger partial charge in [0, 0.05) is 13.0 Å². The Morgan fingerprint density at radius 1 is 1.08 bits per heavy atom. The number of imidazole rings is 1. The van der Waals surface area contributed by atoms with Gasteiger partial charge in [-0.3, -0.25) is 9.69 Å². The Kier molecular flexibility index (Phi) is 7.79. The lowest BCUT2D eigenvalue weighted by atomic mass is 10.1. The maximum absolute atomic E-state index is 12.8. The van der Waals surface area contributed by atoms with Crippen molar-refractivity contribution in [2.75, 3.05) is 23.0 Å². The van der Waals surface area contributed by atoms with Crippen LogP contribution in [0.3, 0.4) is 0 Å². The molecule has 1 unspecified atom stereocenters. The highest BCUT2D eigenvalue weighted by Gasteiger charge is 2.52. The van der Waals surface area contributed by atoms with E-state index in [4.69, 9.17) is 4.74 Å². The molecule has 38 heavy (non-hydrogen) atoms. The number of halogens is 4. The molecule has 1 fully saturated rings. The molecule has 2 aliphatic heterocycles. The molecular weight excluding hydrogens is 503 g/mol. The first-order valence-corrected chi connectivity index (χ1v) is 12.3. The molecule has 2 aliphatic rings. The van der Waals surface area contributed by atoms with Crippen LogP contribution in [-0.4, -0.2) is 42.5 Å².